The summed E-state index contributed by atoms with van der Waals surface area (Å²) in [5.74, 6) is 0.881. The Kier molecular flexibility index (Phi) is 4.29. The van der Waals surface area contributed by atoms with Crippen LogP contribution in [-0.4, -0.2) is 11.8 Å². The first-order valence-corrected chi connectivity index (χ1v) is 9.75. The first kappa shape index (κ1) is 14.4. The van der Waals surface area contributed by atoms with Crippen LogP contribution in [0.3, 0.4) is 0 Å². The molecule has 1 atom stereocenters. The lowest BCUT2D eigenvalue weighted by molar-refractivity contribution is 0.352. The Bertz CT molecular complexity index is 682. The highest BCUT2D eigenvalue weighted by atomic mass is 32.2. The average Bonchev–Trinajstić information content (AvgIpc) is 2.88. The second-order valence-electron chi connectivity index (χ2n) is 6.82. The summed E-state index contributed by atoms with van der Waals surface area (Å²) in [5.41, 5.74) is 2.97. The second kappa shape index (κ2) is 6.54. The summed E-state index contributed by atoms with van der Waals surface area (Å²) in [6.07, 6.45) is 12.0. The number of fused-ring (bicyclic) bond motifs is 2. The van der Waals surface area contributed by atoms with Crippen molar-refractivity contribution in [3.8, 4) is 0 Å². The fourth-order valence-corrected chi connectivity index (χ4v) is 5.25. The molecule has 0 saturated heterocycles. The Hall–Kier alpha value is -1.15. The van der Waals surface area contributed by atoms with Gasteiger partial charge in [-0.3, -0.25) is 0 Å². The molecule has 0 radical (unpaired) electrons. The molecule has 2 heteroatoms. The van der Waals surface area contributed by atoms with Crippen LogP contribution in [0.15, 0.2) is 35.4 Å². The maximum atomic E-state index is 3.81. The van der Waals surface area contributed by atoms with E-state index in [9.17, 15) is 0 Å². The average molecular weight is 311 g/mol. The molecule has 1 fully saturated rings. The van der Waals surface area contributed by atoms with Crippen LogP contribution in [-0.2, 0) is 0 Å². The first-order chi connectivity index (χ1) is 10.9. The smallest absolute Gasteiger partial charge is 0.0454 e. The summed E-state index contributed by atoms with van der Waals surface area (Å²) < 4.78 is 0. The predicted octanol–water partition coefficient (Wildman–Crippen LogP) is 3.54. The molecular weight excluding hydrogens is 286 g/mol. The Labute approximate surface area is 137 Å². The summed E-state index contributed by atoms with van der Waals surface area (Å²) in [7, 11) is 0. The molecule has 1 aromatic carbocycles. The normalized spacial score (nSPS) is 24.8. The zero-order valence-corrected chi connectivity index (χ0v) is 14.0. The van der Waals surface area contributed by atoms with Crippen LogP contribution >= 0.6 is 11.8 Å². The van der Waals surface area contributed by atoms with Crippen molar-refractivity contribution in [2.24, 2.45) is 5.92 Å². The number of benzene rings is 1. The lowest BCUT2D eigenvalue weighted by Crippen LogP contribution is -2.31. The fraction of sp³-hybridized carbons (Fsp3) is 0.500. The van der Waals surface area contributed by atoms with Gasteiger partial charge in [-0.2, -0.15) is 0 Å². The molecule has 1 aliphatic heterocycles. The van der Waals surface area contributed by atoms with Gasteiger partial charge in [-0.25, -0.2) is 0 Å². The number of hydrogen-bond acceptors (Lipinski definition) is 2. The molecular formula is C20H25NS. The molecule has 1 heterocycles. The maximum absolute atomic E-state index is 3.81. The van der Waals surface area contributed by atoms with Gasteiger partial charge < -0.3 is 5.32 Å². The van der Waals surface area contributed by atoms with E-state index >= 15 is 0 Å². The van der Waals surface area contributed by atoms with Crippen LogP contribution in [0.4, 0.5) is 0 Å². The number of allylic oxidation sites excluding steroid dienone is 1. The van der Waals surface area contributed by atoms with E-state index in [0.29, 0.717) is 5.25 Å². The Morgan fingerprint density at radius 1 is 1.05 bits per heavy atom. The maximum Gasteiger partial charge on any atom is 0.0454 e. The summed E-state index contributed by atoms with van der Waals surface area (Å²) in [4.78, 5) is 0. The van der Waals surface area contributed by atoms with Crippen molar-refractivity contribution in [2.45, 2.75) is 50.2 Å². The molecule has 1 aromatic rings. The van der Waals surface area contributed by atoms with E-state index in [1.54, 1.807) is 5.57 Å². The molecule has 1 N–H and O–H groups in total. The molecule has 0 spiro atoms. The lowest BCUT2D eigenvalue weighted by atomic mass is 9.89. The second-order valence-corrected chi connectivity index (χ2v) is 7.90. The van der Waals surface area contributed by atoms with Gasteiger partial charge in [0.05, 0.1) is 0 Å². The first-order valence-electron chi connectivity index (χ1n) is 8.81. The summed E-state index contributed by atoms with van der Waals surface area (Å²) in [6.45, 7) is 1.16. The van der Waals surface area contributed by atoms with Gasteiger partial charge in [0.25, 0.3) is 0 Å². The zero-order valence-electron chi connectivity index (χ0n) is 13.2. The van der Waals surface area contributed by atoms with E-state index in [0.717, 1.165) is 12.5 Å². The number of thioether (sulfide) groups is 1. The van der Waals surface area contributed by atoms with Crippen molar-refractivity contribution in [2.75, 3.05) is 6.54 Å². The summed E-state index contributed by atoms with van der Waals surface area (Å²) in [6, 6.07) is 8.93. The molecule has 1 nitrogen and oxygen atoms in total. The zero-order chi connectivity index (χ0) is 14.8. The quantitative estimate of drug-likeness (QED) is 0.916. The molecule has 4 rings (SSSR count). The predicted molar refractivity (Wildman–Crippen MR) is 96.8 cm³/mol. The van der Waals surface area contributed by atoms with E-state index < -0.39 is 0 Å². The van der Waals surface area contributed by atoms with Gasteiger partial charge in [-0.05, 0) is 53.0 Å². The van der Waals surface area contributed by atoms with E-state index in [2.05, 4.69) is 41.1 Å². The Morgan fingerprint density at radius 3 is 2.82 bits per heavy atom. The van der Waals surface area contributed by atoms with Gasteiger partial charge in [-0.15, -0.1) is 11.8 Å². The van der Waals surface area contributed by atoms with Crippen LogP contribution in [0.5, 0.6) is 0 Å². The molecule has 0 aromatic heterocycles. The minimum atomic E-state index is 0.647. The van der Waals surface area contributed by atoms with E-state index in [1.807, 2.05) is 11.8 Å². The van der Waals surface area contributed by atoms with Crippen LogP contribution in [0.25, 0.3) is 11.6 Å². The van der Waals surface area contributed by atoms with Crippen LogP contribution in [0.1, 0.15) is 44.9 Å². The minimum absolute atomic E-state index is 0.647. The molecule has 2 aliphatic carbocycles. The molecule has 0 amide bonds. The van der Waals surface area contributed by atoms with Crippen molar-refractivity contribution in [3.63, 3.8) is 0 Å². The van der Waals surface area contributed by atoms with Crippen molar-refractivity contribution >= 4 is 23.4 Å². The molecule has 3 aliphatic rings. The van der Waals surface area contributed by atoms with Gasteiger partial charge >= 0.3 is 0 Å². The Morgan fingerprint density at radius 2 is 1.91 bits per heavy atom. The number of rotatable bonds is 3. The molecule has 116 valence electrons. The molecule has 0 bridgehead atoms. The van der Waals surface area contributed by atoms with Crippen molar-refractivity contribution < 1.29 is 0 Å². The lowest BCUT2D eigenvalue weighted by Gasteiger charge is -2.23. The van der Waals surface area contributed by atoms with Crippen molar-refractivity contribution in [1.82, 2.24) is 5.32 Å². The highest BCUT2D eigenvalue weighted by Crippen LogP contribution is 2.38. The SMILES string of the molecule is C1=C(NCC2CCCCC2)C2=c3ccccc3=CCCC2S1. The van der Waals surface area contributed by atoms with Gasteiger partial charge in [0, 0.05) is 17.5 Å². The third-order valence-corrected chi connectivity index (χ3v) is 6.48. The van der Waals surface area contributed by atoms with Gasteiger partial charge in [0.15, 0.2) is 0 Å². The largest absolute Gasteiger partial charge is 0.384 e. The van der Waals surface area contributed by atoms with E-state index in [-0.39, 0.29) is 0 Å². The number of nitrogens with one attached hydrogen (secondary N) is 1. The number of hydrogen-bond donors (Lipinski definition) is 1. The van der Waals surface area contributed by atoms with Gasteiger partial charge in [0.1, 0.15) is 0 Å². The van der Waals surface area contributed by atoms with Crippen LogP contribution in [0, 0.1) is 5.92 Å². The standard InChI is InChI=1S/C20H25NS/c1-2-7-15(8-3-1)13-21-18-14-22-19-12-6-10-16-9-4-5-11-17(16)20(18)19/h4-5,9-11,14-15,19,21H,1-3,6-8,12-13H2. The summed E-state index contributed by atoms with van der Waals surface area (Å²) in [5, 5.41) is 9.72. The van der Waals surface area contributed by atoms with E-state index in [4.69, 9.17) is 0 Å². The molecule has 1 saturated carbocycles. The topological polar surface area (TPSA) is 12.0 Å². The minimum Gasteiger partial charge on any atom is -0.384 e. The highest BCUT2D eigenvalue weighted by molar-refractivity contribution is 8.03. The Balaban J connectivity index is 1.61. The van der Waals surface area contributed by atoms with Gasteiger partial charge in [0.2, 0.25) is 0 Å². The third kappa shape index (κ3) is 2.86. The van der Waals surface area contributed by atoms with Crippen LogP contribution < -0.4 is 15.8 Å². The van der Waals surface area contributed by atoms with Crippen molar-refractivity contribution in [1.29, 1.82) is 0 Å². The summed E-state index contributed by atoms with van der Waals surface area (Å²) >= 11 is 2.02. The highest BCUT2D eigenvalue weighted by Gasteiger charge is 2.26. The molecule has 1 unspecified atom stereocenters. The fourth-order valence-electron chi connectivity index (χ4n) is 4.08. The van der Waals surface area contributed by atoms with E-state index in [1.165, 1.54) is 61.1 Å². The third-order valence-electron chi connectivity index (χ3n) is 5.31. The monoisotopic (exact) mass is 311 g/mol. The van der Waals surface area contributed by atoms with Crippen molar-refractivity contribution in [3.05, 3.63) is 45.8 Å². The molecule has 22 heavy (non-hydrogen) atoms. The van der Waals surface area contributed by atoms with Crippen LogP contribution in [0.2, 0.25) is 0 Å². The van der Waals surface area contributed by atoms with Gasteiger partial charge in [-0.1, -0.05) is 49.6 Å².